The largest absolute Gasteiger partial charge is 0.493 e. The van der Waals surface area contributed by atoms with Gasteiger partial charge in [-0.15, -0.1) is 11.3 Å². The number of para-hydroxylation sites is 1. The van der Waals surface area contributed by atoms with Crippen molar-refractivity contribution in [1.29, 1.82) is 0 Å². The Kier molecular flexibility index (Phi) is 4.83. The average Bonchev–Trinajstić information content (AvgIpc) is 3.24. The predicted molar refractivity (Wildman–Crippen MR) is 89.2 cm³/mol. The fourth-order valence-electron chi connectivity index (χ4n) is 2.14. The smallest absolute Gasteiger partial charge is 0.166 e. The molecule has 1 aliphatic rings. The second kappa shape index (κ2) is 6.81. The third-order valence-electron chi connectivity index (χ3n) is 3.42. The monoisotopic (exact) mass is 367 g/mol. The number of hydrogen-bond acceptors (Lipinski definition) is 4. The lowest BCUT2D eigenvalue weighted by Gasteiger charge is -2.15. The molecule has 3 nitrogen and oxygen atoms in total. The number of nitrogens with one attached hydrogen (secondary N) is 1. The molecule has 1 N–H and O–H groups in total. The molecule has 0 saturated heterocycles. The normalized spacial score (nSPS) is 14.2. The second-order valence-electron chi connectivity index (χ2n) is 5.12. The van der Waals surface area contributed by atoms with Gasteiger partial charge in [-0.3, -0.25) is 0 Å². The van der Waals surface area contributed by atoms with Gasteiger partial charge in [-0.1, -0.05) is 12.1 Å². The summed E-state index contributed by atoms with van der Waals surface area (Å²) in [6, 6.07) is 8.81. The molecule has 0 amide bonds. The van der Waals surface area contributed by atoms with Crippen molar-refractivity contribution >= 4 is 27.3 Å². The molecule has 0 atom stereocenters. The first-order chi connectivity index (χ1) is 10.3. The number of ether oxygens (including phenoxy) is 2. The fourth-order valence-corrected chi connectivity index (χ4v) is 3.50. The Morgan fingerprint density at radius 2 is 2.24 bits per heavy atom. The summed E-state index contributed by atoms with van der Waals surface area (Å²) in [5.74, 6) is 1.64. The summed E-state index contributed by atoms with van der Waals surface area (Å²) in [5.41, 5.74) is 1.15. The molecule has 1 saturated carbocycles. The van der Waals surface area contributed by atoms with E-state index in [0.717, 1.165) is 28.1 Å². The Labute approximate surface area is 137 Å². The zero-order valence-corrected chi connectivity index (χ0v) is 14.3. The van der Waals surface area contributed by atoms with Crippen molar-refractivity contribution in [2.75, 3.05) is 7.11 Å². The lowest BCUT2D eigenvalue weighted by atomic mass is 10.2. The Morgan fingerprint density at radius 1 is 1.38 bits per heavy atom. The zero-order valence-electron chi connectivity index (χ0n) is 11.9. The molecular weight excluding hydrogens is 350 g/mol. The van der Waals surface area contributed by atoms with E-state index >= 15 is 0 Å². The highest BCUT2D eigenvalue weighted by Crippen LogP contribution is 2.33. The van der Waals surface area contributed by atoms with Crippen molar-refractivity contribution in [2.45, 2.75) is 32.0 Å². The Morgan fingerprint density at radius 3 is 2.90 bits per heavy atom. The van der Waals surface area contributed by atoms with Crippen LogP contribution in [0.4, 0.5) is 0 Å². The van der Waals surface area contributed by atoms with E-state index in [-0.39, 0.29) is 0 Å². The van der Waals surface area contributed by atoms with Crippen molar-refractivity contribution in [2.24, 2.45) is 0 Å². The highest BCUT2D eigenvalue weighted by Gasteiger charge is 2.21. The summed E-state index contributed by atoms with van der Waals surface area (Å²) < 4.78 is 12.6. The molecule has 112 valence electrons. The Bertz CT molecular complexity index is 610. The standard InChI is InChI=1S/C16H18BrNO2S/c1-19-15-4-2-3-11(8-18-13-5-6-13)16(15)20-9-14-7-12(17)10-21-14/h2-4,7,10,13,18H,5-6,8-9H2,1H3. The van der Waals surface area contributed by atoms with Crippen LogP contribution >= 0.6 is 27.3 Å². The third-order valence-corrected chi connectivity index (χ3v) is 5.09. The SMILES string of the molecule is COc1cccc(CNC2CC2)c1OCc1cc(Br)cs1. The minimum Gasteiger partial charge on any atom is -0.493 e. The predicted octanol–water partition coefficient (Wildman–Crippen LogP) is 4.35. The summed E-state index contributed by atoms with van der Waals surface area (Å²) in [6.07, 6.45) is 2.56. The van der Waals surface area contributed by atoms with Crippen LogP contribution in [-0.4, -0.2) is 13.2 Å². The van der Waals surface area contributed by atoms with Gasteiger partial charge in [-0.05, 0) is 40.9 Å². The molecule has 1 aliphatic carbocycles. The number of benzene rings is 1. The van der Waals surface area contributed by atoms with E-state index in [1.165, 1.54) is 17.7 Å². The molecule has 1 aromatic heterocycles. The molecular formula is C16H18BrNO2S. The maximum Gasteiger partial charge on any atom is 0.166 e. The number of methoxy groups -OCH3 is 1. The van der Waals surface area contributed by atoms with Crippen molar-refractivity contribution in [3.63, 3.8) is 0 Å². The maximum atomic E-state index is 6.04. The van der Waals surface area contributed by atoms with Crippen molar-refractivity contribution in [3.8, 4) is 11.5 Å². The molecule has 2 aromatic rings. The van der Waals surface area contributed by atoms with Crippen LogP contribution in [0.5, 0.6) is 11.5 Å². The molecule has 0 unspecified atom stereocenters. The highest BCUT2D eigenvalue weighted by molar-refractivity contribution is 9.10. The number of thiophene rings is 1. The first kappa shape index (κ1) is 14.9. The van der Waals surface area contributed by atoms with Gasteiger partial charge in [0, 0.05) is 32.9 Å². The van der Waals surface area contributed by atoms with E-state index in [1.54, 1.807) is 18.4 Å². The van der Waals surface area contributed by atoms with Crippen LogP contribution < -0.4 is 14.8 Å². The summed E-state index contributed by atoms with van der Waals surface area (Å²) in [6.45, 7) is 1.39. The van der Waals surface area contributed by atoms with Crippen molar-refractivity contribution in [1.82, 2.24) is 5.32 Å². The molecule has 1 heterocycles. The molecule has 3 rings (SSSR count). The van der Waals surface area contributed by atoms with Crippen LogP contribution in [0, 0.1) is 0 Å². The Hall–Kier alpha value is -1.04. The van der Waals surface area contributed by atoms with Gasteiger partial charge in [0.2, 0.25) is 0 Å². The summed E-state index contributed by atoms with van der Waals surface area (Å²) >= 11 is 5.16. The molecule has 0 bridgehead atoms. The van der Waals surface area contributed by atoms with Gasteiger partial charge in [-0.2, -0.15) is 0 Å². The lowest BCUT2D eigenvalue weighted by Crippen LogP contribution is -2.16. The van der Waals surface area contributed by atoms with Crippen LogP contribution in [0.3, 0.4) is 0 Å². The molecule has 0 aliphatic heterocycles. The quantitative estimate of drug-likeness (QED) is 0.788. The van der Waals surface area contributed by atoms with Crippen molar-refractivity contribution < 1.29 is 9.47 Å². The average molecular weight is 368 g/mol. The summed E-state index contributed by atoms with van der Waals surface area (Å²) in [5, 5.41) is 5.59. The summed E-state index contributed by atoms with van der Waals surface area (Å²) in [7, 11) is 1.68. The fraction of sp³-hybridized carbons (Fsp3) is 0.375. The van der Waals surface area contributed by atoms with E-state index < -0.39 is 0 Å². The van der Waals surface area contributed by atoms with Gasteiger partial charge in [0.05, 0.1) is 7.11 Å². The van der Waals surface area contributed by atoms with Gasteiger partial charge in [-0.25, -0.2) is 0 Å². The van der Waals surface area contributed by atoms with E-state index in [4.69, 9.17) is 9.47 Å². The first-order valence-corrected chi connectivity index (χ1v) is 8.68. The van der Waals surface area contributed by atoms with Gasteiger partial charge in [0.15, 0.2) is 11.5 Å². The van der Waals surface area contributed by atoms with Crippen LogP contribution in [-0.2, 0) is 13.2 Å². The number of hydrogen-bond donors (Lipinski definition) is 1. The van der Waals surface area contributed by atoms with Crippen LogP contribution in [0.15, 0.2) is 34.1 Å². The molecule has 5 heteroatoms. The van der Waals surface area contributed by atoms with Crippen LogP contribution in [0.1, 0.15) is 23.3 Å². The molecule has 1 fully saturated rings. The zero-order chi connectivity index (χ0) is 14.7. The van der Waals surface area contributed by atoms with E-state index in [0.29, 0.717) is 12.6 Å². The minimum atomic E-state index is 0.563. The number of halogens is 1. The highest BCUT2D eigenvalue weighted by atomic mass is 79.9. The molecule has 0 spiro atoms. The molecule has 21 heavy (non-hydrogen) atoms. The minimum absolute atomic E-state index is 0.563. The van der Waals surface area contributed by atoms with Gasteiger partial charge in [0.25, 0.3) is 0 Å². The topological polar surface area (TPSA) is 30.5 Å². The molecule has 1 aromatic carbocycles. The summed E-state index contributed by atoms with van der Waals surface area (Å²) in [4.78, 5) is 1.19. The van der Waals surface area contributed by atoms with E-state index in [1.807, 2.05) is 12.1 Å². The van der Waals surface area contributed by atoms with Gasteiger partial charge in [0.1, 0.15) is 6.61 Å². The van der Waals surface area contributed by atoms with Gasteiger partial charge >= 0.3 is 0 Å². The van der Waals surface area contributed by atoms with Crippen LogP contribution in [0.25, 0.3) is 0 Å². The van der Waals surface area contributed by atoms with E-state index in [9.17, 15) is 0 Å². The molecule has 0 radical (unpaired) electrons. The Balaban J connectivity index is 1.73. The third kappa shape index (κ3) is 3.99. The van der Waals surface area contributed by atoms with Crippen molar-refractivity contribution in [3.05, 3.63) is 44.6 Å². The number of rotatable bonds is 7. The van der Waals surface area contributed by atoms with Crippen LogP contribution in [0.2, 0.25) is 0 Å². The lowest BCUT2D eigenvalue weighted by molar-refractivity contribution is 0.283. The van der Waals surface area contributed by atoms with Gasteiger partial charge < -0.3 is 14.8 Å². The first-order valence-electron chi connectivity index (χ1n) is 7.01. The second-order valence-corrected chi connectivity index (χ2v) is 7.04. The van der Waals surface area contributed by atoms with E-state index in [2.05, 4.69) is 38.8 Å². The maximum absolute atomic E-state index is 6.04.